The molecule has 0 saturated heterocycles. The van der Waals surface area contributed by atoms with Crippen LogP contribution in [0.4, 0.5) is 0 Å². The molecule has 0 aromatic carbocycles. The van der Waals surface area contributed by atoms with E-state index in [1.165, 1.54) is 263 Å². The first kappa shape index (κ1) is 99.1. The SMILES string of the molecule is CCCCCCCCCCCCCCCCCCCCC(=O)OC[C@H](COP(=O)(O)OC[C@@H](O)COP(=O)(O)OC[C@@H](COC(=O)CCCCCCCCCCCC(C)C)OC(=O)CCCCCCCCCCCCCCC)OC(=O)CCCCCCCCCCCCCCCCCCCC. The van der Waals surface area contributed by atoms with Crippen LogP contribution in [0.5, 0.6) is 0 Å². The van der Waals surface area contributed by atoms with Crippen LogP contribution >= 0.6 is 15.6 Å². The summed E-state index contributed by atoms with van der Waals surface area (Å²) in [4.78, 5) is 73.1. The zero-order valence-electron chi connectivity index (χ0n) is 66.1. The van der Waals surface area contributed by atoms with Crippen molar-refractivity contribution in [3.05, 3.63) is 0 Å². The number of esters is 4. The van der Waals surface area contributed by atoms with Gasteiger partial charge in [0.1, 0.15) is 19.3 Å². The van der Waals surface area contributed by atoms with E-state index in [0.717, 1.165) is 95.8 Å². The Kier molecular flexibility index (Phi) is 73.5. The quantitative estimate of drug-likeness (QED) is 0.0222. The minimum atomic E-state index is -4.96. The van der Waals surface area contributed by atoms with Crippen molar-refractivity contribution in [2.24, 2.45) is 5.92 Å². The van der Waals surface area contributed by atoms with E-state index in [9.17, 15) is 43.2 Å². The third-order valence-corrected chi connectivity index (χ3v) is 21.2. The van der Waals surface area contributed by atoms with Crippen molar-refractivity contribution in [2.75, 3.05) is 39.6 Å². The molecule has 19 heteroatoms. The van der Waals surface area contributed by atoms with Gasteiger partial charge in [-0.05, 0) is 31.6 Å². The van der Waals surface area contributed by atoms with Crippen molar-refractivity contribution < 1.29 is 80.2 Å². The molecular weight excluding hydrogens is 1320 g/mol. The maximum absolute atomic E-state index is 13.1. The Labute approximate surface area is 619 Å². The molecule has 0 rings (SSSR count). The summed E-state index contributed by atoms with van der Waals surface area (Å²) in [5.74, 6) is -1.36. The van der Waals surface area contributed by atoms with Gasteiger partial charge in [0.05, 0.1) is 26.4 Å². The van der Waals surface area contributed by atoms with Crippen molar-refractivity contribution >= 4 is 39.5 Å². The number of carbonyl (C=O) groups excluding carboxylic acids is 4. The molecule has 0 saturated carbocycles. The van der Waals surface area contributed by atoms with E-state index in [-0.39, 0.29) is 25.7 Å². The van der Waals surface area contributed by atoms with E-state index < -0.39 is 97.5 Å². The lowest BCUT2D eigenvalue weighted by atomic mass is 10.0. The molecule has 0 radical (unpaired) electrons. The lowest BCUT2D eigenvalue weighted by Gasteiger charge is -2.21. The van der Waals surface area contributed by atoms with E-state index in [2.05, 4.69) is 34.6 Å². The summed E-state index contributed by atoms with van der Waals surface area (Å²) in [6.07, 6.45) is 66.6. The molecule has 0 aromatic heterocycles. The van der Waals surface area contributed by atoms with Gasteiger partial charge in [-0.3, -0.25) is 37.3 Å². The molecule has 0 heterocycles. The molecule has 0 aromatic rings. The van der Waals surface area contributed by atoms with Crippen LogP contribution in [0, 0.1) is 5.92 Å². The lowest BCUT2D eigenvalue weighted by Crippen LogP contribution is -2.30. The van der Waals surface area contributed by atoms with Gasteiger partial charge < -0.3 is 33.8 Å². The van der Waals surface area contributed by atoms with Crippen molar-refractivity contribution in [1.29, 1.82) is 0 Å². The van der Waals surface area contributed by atoms with Crippen LogP contribution in [0.2, 0.25) is 0 Å². The summed E-state index contributed by atoms with van der Waals surface area (Å²) in [5, 5.41) is 10.7. The monoisotopic (exact) mass is 1480 g/mol. The number of hydrogen-bond acceptors (Lipinski definition) is 15. The molecule has 0 bridgehead atoms. The van der Waals surface area contributed by atoms with E-state index >= 15 is 0 Å². The number of hydrogen-bond donors (Lipinski definition) is 3. The Bertz CT molecular complexity index is 1930. The van der Waals surface area contributed by atoms with E-state index in [4.69, 9.17) is 37.0 Å². The van der Waals surface area contributed by atoms with E-state index in [0.29, 0.717) is 25.7 Å². The van der Waals surface area contributed by atoms with Gasteiger partial charge in [0.25, 0.3) is 0 Å². The average molecular weight is 1480 g/mol. The number of phosphoric acid groups is 2. The summed E-state index contributed by atoms with van der Waals surface area (Å²) >= 11 is 0. The Morgan fingerprint density at radius 2 is 0.455 bits per heavy atom. The second-order valence-electron chi connectivity index (χ2n) is 30.0. The normalized spacial score (nSPS) is 13.8. The minimum absolute atomic E-state index is 0.108. The van der Waals surface area contributed by atoms with Crippen LogP contribution in [0.3, 0.4) is 0 Å². The third-order valence-electron chi connectivity index (χ3n) is 19.3. The van der Waals surface area contributed by atoms with Crippen LogP contribution in [0.25, 0.3) is 0 Å². The van der Waals surface area contributed by atoms with Crippen molar-refractivity contribution in [2.45, 2.75) is 457 Å². The number of aliphatic hydroxyl groups is 1. The fourth-order valence-corrected chi connectivity index (χ4v) is 14.3. The number of unbranched alkanes of at least 4 members (excludes halogenated alkanes) is 54. The number of phosphoric ester groups is 2. The summed E-state index contributed by atoms with van der Waals surface area (Å²) in [7, 11) is -9.92. The molecule has 3 N–H and O–H groups in total. The highest BCUT2D eigenvalue weighted by molar-refractivity contribution is 7.47. The Morgan fingerprint density at radius 3 is 0.673 bits per heavy atom. The van der Waals surface area contributed by atoms with Crippen LogP contribution in [-0.4, -0.2) is 96.7 Å². The fourth-order valence-electron chi connectivity index (χ4n) is 12.8. The van der Waals surface area contributed by atoms with Gasteiger partial charge in [-0.25, -0.2) is 9.13 Å². The van der Waals surface area contributed by atoms with Gasteiger partial charge in [0, 0.05) is 25.7 Å². The smallest absolute Gasteiger partial charge is 0.462 e. The van der Waals surface area contributed by atoms with Crippen LogP contribution in [-0.2, 0) is 65.4 Å². The predicted molar refractivity (Wildman–Crippen MR) is 414 cm³/mol. The minimum Gasteiger partial charge on any atom is -0.462 e. The zero-order valence-corrected chi connectivity index (χ0v) is 67.8. The highest BCUT2D eigenvalue weighted by Crippen LogP contribution is 2.45. The largest absolute Gasteiger partial charge is 0.472 e. The second kappa shape index (κ2) is 74.9. The van der Waals surface area contributed by atoms with Gasteiger partial charge in [0.15, 0.2) is 12.2 Å². The molecule has 0 aliphatic carbocycles. The fraction of sp³-hybridized carbons (Fsp3) is 0.951. The molecule has 0 aliphatic heterocycles. The predicted octanol–water partition coefficient (Wildman–Crippen LogP) is 24.8. The molecule has 0 fully saturated rings. The Hall–Kier alpha value is -1.94. The molecule has 600 valence electrons. The van der Waals surface area contributed by atoms with Gasteiger partial charge in [-0.1, -0.05) is 388 Å². The molecular formula is C82H160O17P2. The maximum atomic E-state index is 13.1. The number of rotatable bonds is 82. The zero-order chi connectivity index (χ0) is 74.1. The summed E-state index contributed by atoms with van der Waals surface area (Å²) in [6, 6.07) is 0. The van der Waals surface area contributed by atoms with Gasteiger partial charge in [-0.15, -0.1) is 0 Å². The first-order valence-electron chi connectivity index (χ1n) is 42.6. The number of carbonyl (C=O) groups is 4. The third kappa shape index (κ3) is 76.1. The van der Waals surface area contributed by atoms with Crippen molar-refractivity contribution in [3.63, 3.8) is 0 Å². The van der Waals surface area contributed by atoms with Gasteiger partial charge in [0.2, 0.25) is 0 Å². The Balaban J connectivity index is 5.25. The molecule has 0 spiro atoms. The highest BCUT2D eigenvalue weighted by atomic mass is 31.2. The molecule has 0 aliphatic rings. The summed E-state index contributed by atoms with van der Waals surface area (Å²) < 4.78 is 68.8. The Morgan fingerprint density at radius 1 is 0.267 bits per heavy atom. The molecule has 0 amide bonds. The molecule has 101 heavy (non-hydrogen) atoms. The van der Waals surface area contributed by atoms with Crippen LogP contribution in [0.15, 0.2) is 0 Å². The first-order chi connectivity index (χ1) is 49.0. The number of ether oxygens (including phenoxy) is 4. The number of aliphatic hydroxyl groups excluding tert-OH is 1. The first-order valence-corrected chi connectivity index (χ1v) is 45.6. The van der Waals surface area contributed by atoms with Crippen molar-refractivity contribution in [3.8, 4) is 0 Å². The van der Waals surface area contributed by atoms with Crippen molar-refractivity contribution in [1.82, 2.24) is 0 Å². The molecule has 17 nitrogen and oxygen atoms in total. The van der Waals surface area contributed by atoms with Gasteiger partial charge in [-0.2, -0.15) is 0 Å². The summed E-state index contributed by atoms with van der Waals surface area (Å²) in [6.45, 7) is 7.32. The summed E-state index contributed by atoms with van der Waals surface area (Å²) in [5.41, 5.74) is 0. The van der Waals surface area contributed by atoms with Gasteiger partial charge >= 0.3 is 39.5 Å². The standard InChI is InChI=1S/C82H160O17P2/c1-6-9-12-15-18-21-24-27-29-31-33-35-38-40-45-50-55-60-65-79(84)92-71-77(98-82(87)68-63-58-53-47-42-39-36-34-32-30-28-25-22-19-16-13-10-7-2)73-96-100(88,89)94-69-76(83)70-95-101(90,91)97-74-78(72-93-80(85)66-61-56-51-48-43-44-49-54-59-64-75(4)5)99-81(86)67-62-57-52-46-41-37-26-23-20-17-14-11-8-3/h75-78,83H,6-74H2,1-5H3,(H,88,89)(H,90,91)/t76-,77-,78-/m1/s1. The van der Waals surface area contributed by atoms with E-state index in [1.807, 2.05) is 0 Å². The van der Waals surface area contributed by atoms with Crippen LogP contribution in [0.1, 0.15) is 439 Å². The molecule has 2 unspecified atom stereocenters. The average Bonchev–Trinajstić information content (AvgIpc) is 0.924. The van der Waals surface area contributed by atoms with E-state index in [1.54, 1.807) is 0 Å². The topological polar surface area (TPSA) is 237 Å². The maximum Gasteiger partial charge on any atom is 0.472 e. The lowest BCUT2D eigenvalue weighted by molar-refractivity contribution is -0.161. The highest BCUT2D eigenvalue weighted by Gasteiger charge is 2.30. The molecule has 5 atom stereocenters. The second-order valence-corrected chi connectivity index (χ2v) is 32.9. The van der Waals surface area contributed by atoms with Crippen LogP contribution < -0.4 is 0 Å².